The van der Waals surface area contributed by atoms with Gasteiger partial charge in [-0.1, -0.05) is 375 Å². The molecule has 0 heterocycles. The Morgan fingerprint density at radius 3 is 0.717 bits per heavy atom. The highest BCUT2D eigenvalue weighted by Gasteiger charge is 2.30. The molecule has 19 heteroatoms. The Labute approximate surface area is 607 Å². The van der Waals surface area contributed by atoms with E-state index in [1.54, 1.807) is 0 Å². The molecule has 0 saturated heterocycles. The maximum Gasteiger partial charge on any atom is 0.472 e. The number of carbonyl (C=O) groups is 4. The molecule has 17 nitrogen and oxygen atoms in total. The van der Waals surface area contributed by atoms with Crippen molar-refractivity contribution in [3.8, 4) is 0 Å². The van der Waals surface area contributed by atoms with E-state index in [4.69, 9.17) is 37.0 Å². The van der Waals surface area contributed by atoms with Crippen LogP contribution in [0.4, 0.5) is 0 Å². The second-order valence-electron chi connectivity index (χ2n) is 29.1. The average molecular weight is 1450 g/mol. The number of aliphatic hydroxyl groups is 1. The predicted octanol–water partition coefficient (Wildman–Crippen LogP) is 24.0. The summed E-state index contributed by atoms with van der Waals surface area (Å²) in [6.45, 7) is 7.31. The lowest BCUT2D eigenvalue weighted by Gasteiger charge is -2.21. The van der Waals surface area contributed by atoms with Crippen molar-refractivity contribution in [3.05, 3.63) is 0 Å². The monoisotopic (exact) mass is 1450 g/mol. The van der Waals surface area contributed by atoms with Gasteiger partial charge in [0.15, 0.2) is 12.2 Å². The van der Waals surface area contributed by atoms with Crippen molar-refractivity contribution in [2.75, 3.05) is 39.6 Å². The van der Waals surface area contributed by atoms with Crippen LogP contribution in [0.3, 0.4) is 0 Å². The largest absolute Gasteiger partial charge is 0.472 e. The third kappa shape index (κ3) is 72.8. The van der Waals surface area contributed by atoms with E-state index < -0.39 is 97.5 Å². The zero-order valence-corrected chi connectivity index (χ0v) is 66.4. The Balaban J connectivity index is 5.20. The lowest BCUT2D eigenvalue weighted by molar-refractivity contribution is -0.161. The van der Waals surface area contributed by atoms with Gasteiger partial charge in [-0.25, -0.2) is 9.13 Å². The highest BCUT2D eigenvalue weighted by Crippen LogP contribution is 2.45. The van der Waals surface area contributed by atoms with Gasteiger partial charge in [0.25, 0.3) is 0 Å². The van der Waals surface area contributed by atoms with Crippen LogP contribution in [0.5, 0.6) is 0 Å². The molecule has 0 bridgehead atoms. The second-order valence-corrected chi connectivity index (χ2v) is 32.0. The number of carbonyl (C=O) groups excluding carboxylic acids is 4. The SMILES string of the molecule is CCCCCCCCCCCCCCCCCCCCCCCCC(=O)O[C@H](COC(=O)CCCCCCCCCCCCCCC)COP(=O)(O)OC[C@@H](O)COP(=O)(O)OC[C@@H](COC(=O)CCCCCCCCCCCCCC)OC(=O)CCCCCCCCCCC(C)CC. The summed E-state index contributed by atoms with van der Waals surface area (Å²) in [6, 6.07) is 0. The molecular formula is C80H156O17P2. The first-order chi connectivity index (χ1) is 48.1. The fraction of sp³-hybridized carbons (Fsp3) is 0.950. The van der Waals surface area contributed by atoms with Crippen LogP contribution in [0, 0.1) is 5.92 Å². The van der Waals surface area contributed by atoms with Gasteiger partial charge in [0, 0.05) is 25.7 Å². The van der Waals surface area contributed by atoms with Crippen LogP contribution >= 0.6 is 15.6 Å². The predicted molar refractivity (Wildman–Crippen MR) is 405 cm³/mol. The van der Waals surface area contributed by atoms with Crippen LogP contribution in [0.2, 0.25) is 0 Å². The number of ether oxygens (including phenoxy) is 4. The molecule has 0 aliphatic heterocycles. The van der Waals surface area contributed by atoms with E-state index in [1.807, 2.05) is 0 Å². The van der Waals surface area contributed by atoms with Crippen LogP contribution in [0.25, 0.3) is 0 Å². The quantitative estimate of drug-likeness (QED) is 0.0222. The third-order valence-corrected chi connectivity index (χ3v) is 21.0. The third-order valence-electron chi connectivity index (χ3n) is 19.1. The van der Waals surface area contributed by atoms with Crippen LogP contribution in [0.1, 0.15) is 426 Å². The summed E-state index contributed by atoms with van der Waals surface area (Å²) in [5, 5.41) is 10.6. The fourth-order valence-corrected chi connectivity index (χ4v) is 14.0. The van der Waals surface area contributed by atoms with Crippen LogP contribution in [0.15, 0.2) is 0 Å². The average Bonchev–Trinajstić information content (AvgIpc) is 1.01. The molecule has 0 aliphatic carbocycles. The Hall–Kier alpha value is -1.94. The van der Waals surface area contributed by atoms with Crippen LogP contribution in [-0.2, 0) is 65.4 Å². The van der Waals surface area contributed by atoms with E-state index >= 15 is 0 Å². The van der Waals surface area contributed by atoms with Gasteiger partial charge in [-0.2, -0.15) is 0 Å². The molecule has 0 rings (SSSR count). The first-order valence-corrected chi connectivity index (χ1v) is 44.7. The molecule has 0 aromatic carbocycles. The van der Waals surface area contributed by atoms with Crippen molar-refractivity contribution in [2.45, 2.75) is 445 Å². The van der Waals surface area contributed by atoms with Gasteiger partial charge in [-0.3, -0.25) is 37.3 Å². The number of esters is 4. The molecule has 588 valence electrons. The Kier molecular flexibility index (Phi) is 71.6. The molecule has 0 saturated carbocycles. The molecule has 99 heavy (non-hydrogen) atoms. The van der Waals surface area contributed by atoms with Gasteiger partial charge in [0.2, 0.25) is 0 Å². The van der Waals surface area contributed by atoms with E-state index in [0.29, 0.717) is 25.7 Å². The van der Waals surface area contributed by atoms with Crippen LogP contribution < -0.4 is 0 Å². The maximum atomic E-state index is 13.1. The standard InChI is InChI=1S/C80H156O17P2/c1-6-10-13-16-19-22-25-28-29-30-31-32-33-34-35-36-38-41-44-50-55-60-65-79(84)96-75(69-90-78(83)64-59-54-49-43-40-37-26-23-20-17-14-11-7-2)71-94-98(86,87)92-67-74(81)68-93-99(88,89)95-72-76(97-80(85)66-61-56-51-46-45-47-52-57-62-73(5)9-4)70-91-77(82)63-58-53-48-42-39-27-24-21-18-15-12-8-3/h73-76,81H,6-72H2,1-5H3,(H,86,87)(H,88,89)/t73?,74-,75-,76-/m1/s1. The zero-order chi connectivity index (χ0) is 72.7. The first kappa shape index (κ1) is 97.1. The molecule has 0 aromatic rings. The minimum atomic E-state index is -4.96. The zero-order valence-electron chi connectivity index (χ0n) is 64.6. The normalized spacial score (nSPS) is 14.1. The molecule has 0 spiro atoms. The molecule has 0 aromatic heterocycles. The van der Waals surface area contributed by atoms with Gasteiger partial charge in [0.05, 0.1) is 26.4 Å². The molecule has 3 N–H and O–H groups in total. The highest BCUT2D eigenvalue weighted by molar-refractivity contribution is 7.47. The summed E-state index contributed by atoms with van der Waals surface area (Å²) in [6.07, 6.45) is 63.8. The summed E-state index contributed by atoms with van der Waals surface area (Å²) in [7, 11) is -9.92. The Morgan fingerprint density at radius 2 is 0.485 bits per heavy atom. The molecule has 6 atom stereocenters. The highest BCUT2D eigenvalue weighted by atomic mass is 31.2. The van der Waals surface area contributed by atoms with E-state index in [2.05, 4.69) is 34.6 Å². The number of aliphatic hydroxyl groups excluding tert-OH is 1. The lowest BCUT2D eigenvalue weighted by Crippen LogP contribution is -2.30. The van der Waals surface area contributed by atoms with Gasteiger partial charge in [-0.15, -0.1) is 0 Å². The second kappa shape index (κ2) is 73.0. The first-order valence-electron chi connectivity index (χ1n) is 41.7. The Morgan fingerprint density at radius 1 is 0.283 bits per heavy atom. The molecular weight excluding hydrogens is 1290 g/mol. The van der Waals surface area contributed by atoms with Crippen molar-refractivity contribution in [2.24, 2.45) is 5.92 Å². The number of unbranched alkanes of at least 4 members (excludes halogenated alkanes) is 51. The molecule has 3 unspecified atom stereocenters. The fourth-order valence-electron chi connectivity index (χ4n) is 12.4. The molecule has 0 amide bonds. The summed E-state index contributed by atoms with van der Waals surface area (Å²) in [5.74, 6) is -1.34. The van der Waals surface area contributed by atoms with Gasteiger partial charge < -0.3 is 33.8 Å². The minimum absolute atomic E-state index is 0.106. The lowest BCUT2D eigenvalue weighted by atomic mass is 9.99. The van der Waals surface area contributed by atoms with Crippen molar-refractivity contribution in [1.29, 1.82) is 0 Å². The van der Waals surface area contributed by atoms with Gasteiger partial charge >= 0.3 is 39.5 Å². The van der Waals surface area contributed by atoms with Gasteiger partial charge in [0.1, 0.15) is 19.3 Å². The van der Waals surface area contributed by atoms with E-state index in [1.165, 1.54) is 250 Å². The topological polar surface area (TPSA) is 237 Å². The number of rotatable bonds is 80. The summed E-state index contributed by atoms with van der Waals surface area (Å²) >= 11 is 0. The summed E-state index contributed by atoms with van der Waals surface area (Å²) < 4.78 is 68.7. The number of hydrogen-bond donors (Lipinski definition) is 3. The van der Waals surface area contributed by atoms with E-state index in [0.717, 1.165) is 95.8 Å². The number of phosphoric ester groups is 2. The van der Waals surface area contributed by atoms with Gasteiger partial charge in [-0.05, 0) is 31.6 Å². The van der Waals surface area contributed by atoms with E-state index in [-0.39, 0.29) is 25.7 Å². The van der Waals surface area contributed by atoms with Crippen molar-refractivity contribution >= 4 is 39.5 Å². The molecule has 0 aliphatic rings. The summed E-state index contributed by atoms with van der Waals surface area (Å²) in [5.41, 5.74) is 0. The molecule has 0 fully saturated rings. The summed E-state index contributed by atoms with van der Waals surface area (Å²) in [4.78, 5) is 73.0. The number of hydrogen-bond acceptors (Lipinski definition) is 15. The van der Waals surface area contributed by atoms with Crippen LogP contribution in [-0.4, -0.2) is 96.7 Å². The van der Waals surface area contributed by atoms with Crippen molar-refractivity contribution in [1.82, 2.24) is 0 Å². The van der Waals surface area contributed by atoms with Crippen molar-refractivity contribution in [3.63, 3.8) is 0 Å². The van der Waals surface area contributed by atoms with Crippen molar-refractivity contribution < 1.29 is 80.2 Å². The molecule has 0 radical (unpaired) electrons. The van der Waals surface area contributed by atoms with E-state index in [9.17, 15) is 43.2 Å². The maximum absolute atomic E-state index is 13.1. The Bertz CT molecular complexity index is 1890. The smallest absolute Gasteiger partial charge is 0.462 e. The minimum Gasteiger partial charge on any atom is -0.462 e. The number of phosphoric acid groups is 2.